The molecule has 0 aliphatic carbocycles. The van der Waals surface area contributed by atoms with E-state index in [9.17, 15) is 9.59 Å². The van der Waals surface area contributed by atoms with Crippen LogP contribution in [0.2, 0.25) is 5.02 Å². The Bertz CT molecular complexity index is 1100. The van der Waals surface area contributed by atoms with Gasteiger partial charge in [-0.05, 0) is 61.1 Å². The number of anilines is 2. The summed E-state index contributed by atoms with van der Waals surface area (Å²) < 4.78 is 5.63. The normalized spacial score (nSPS) is 10.4. The van der Waals surface area contributed by atoms with Crippen LogP contribution < -0.4 is 16.0 Å². The minimum atomic E-state index is -0.477. The molecule has 0 fully saturated rings. The number of hydrogen-bond donors (Lipinski definition) is 3. The largest absolute Gasteiger partial charge is 0.451 e. The Hall–Kier alpha value is -3.16. The van der Waals surface area contributed by atoms with Gasteiger partial charge in [0.25, 0.3) is 5.91 Å². The van der Waals surface area contributed by atoms with E-state index in [4.69, 9.17) is 28.2 Å². The average Bonchev–Trinajstić information content (AvgIpc) is 3.23. The lowest BCUT2D eigenvalue weighted by Crippen LogP contribution is -2.33. The van der Waals surface area contributed by atoms with Crippen molar-refractivity contribution in [2.75, 3.05) is 10.6 Å². The van der Waals surface area contributed by atoms with Crippen LogP contribution in [0.4, 0.5) is 11.4 Å². The number of unbranched alkanes of at least 4 members (excludes halogenated alkanes) is 1. The van der Waals surface area contributed by atoms with E-state index in [1.54, 1.807) is 54.6 Å². The highest BCUT2D eigenvalue weighted by Gasteiger charge is 2.14. The van der Waals surface area contributed by atoms with Gasteiger partial charge < -0.3 is 15.1 Å². The molecule has 0 radical (unpaired) electrons. The summed E-state index contributed by atoms with van der Waals surface area (Å²) in [4.78, 5) is 24.4. The Balaban J connectivity index is 1.58. The fraction of sp³-hybridized carbons (Fsp3) is 0.174. The Morgan fingerprint density at radius 2 is 1.74 bits per heavy atom. The molecule has 0 aliphatic rings. The third-order valence-corrected chi connectivity index (χ3v) is 4.77. The smallest absolute Gasteiger partial charge is 0.293 e. The quantitative estimate of drug-likeness (QED) is 0.389. The SMILES string of the molecule is CCCCC(=O)Nc1cccc(NC(=S)NC(=O)c2ccc(-c3cccc(Cl)c3)o2)c1. The molecule has 160 valence electrons. The summed E-state index contributed by atoms with van der Waals surface area (Å²) in [5.41, 5.74) is 2.06. The van der Waals surface area contributed by atoms with E-state index in [1.165, 1.54) is 0 Å². The number of benzene rings is 2. The predicted molar refractivity (Wildman–Crippen MR) is 127 cm³/mol. The number of rotatable bonds is 7. The van der Waals surface area contributed by atoms with Gasteiger partial charge in [0.15, 0.2) is 10.9 Å². The summed E-state index contributed by atoms with van der Waals surface area (Å²) >= 11 is 11.2. The van der Waals surface area contributed by atoms with Gasteiger partial charge >= 0.3 is 0 Å². The Labute approximate surface area is 191 Å². The monoisotopic (exact) mass is 455 g/mol. The van der Waals surface area contributed by atoms with Crippen LogP contribution in [0, 0.1) is 0 Å². The first-order chi connectivity index (χ1) is 14.9. The van der Waals surface area contributed by atoms with Gasteiger partial charge in [0, 0.05) is 28.4 Å². The lowest BCUT2D eigenvalue weighted by atomic mass is 10.2. The highest BCUT2D eigenvalue weighted by atomic mass is 35.5. The molecule has 1 heterocycles. The van der Waals surface area contributed by atoms with Crippen molar-refractivity contribution in [3.63, 3.8) is 0 Å². The maximum Gasteiger partial charge on any atom is 0.293 e. The van der Waals surface area contributed by atoms with E-state index in [0.717, 1.165) is 18.4 Å². The fourth-order valence-electron chi connectivity index (χ4n) is 2.82. The molecule has 31 heavy (non-hydrogen) atoms. The molecule has 0 bridgehead atoms. The number of nitrogens with one attached hydrogen (secondary N) is 3. The lowest BCUT2D eigenvalue weighted by Gasteiger charge is -2.11. The van der Waals surface area contributed by atoms with Crippen molar-refractivity contribution in [1.29, 1.82) is 0 Å². The van der Waals surface area contributed by atoms with E-state index in [1.807, 2.05) is 13.0 Å². The van der Waals surface area contributed by atoms with Crippen LogP contribution in [0.25, 0.3) is 11.3 Å². The summed E-state index contributed by atoms with van der Waals surface area (Å²) in [6.07, 6.45) is 2.27. The summed E-state index contributed by atoms with van der Waals surface area (Å²) in [6.45, 7) is 2.04. The minimum absolute atomic E-state index is 0.0387. The summed E-state index contributed by atoms with van der Waals surface area (Å²) in [6, 6.07) is 17.5. The molecular formula is C23H22ClN3O3S. The molecule has 2 aromatic carbocycles. The minimum Gasteiger partial charge on any atom is -0.451 e. The van der Waals surface area contributed by atoms with E-state index >= 15 is 0 Å². The lowest BCUT2D eigenvalue weighted by molar-refractivity contribution is -0.116. The van der Waals surface area contributed by atoms with Crippen molar-refractivity contribution in [2.45, 2.75) is 26.2 Å². The first kappa shape index (κ1) is 22.5. The molecule has 0 aliphatic heterocycles. The van der Waals surface area contributed by atoms with Crippen molar-refractivity contribution in [3.05, 3.63) is 71.4 Å². The van der Waals surface area contributed by atoms with Crippen LogP contribution in [0.5, 0.6) is 0 Å². The van der Waals surface area contributed by atoms with E-state index in [0.29, 0.717) is 28.6 Å². The van der Waals surface area contributed by atoms with Gasteiger partial charge in [-0.3, -0.25) is 14.9 Å². The van der Waals surface area contributed by atoms with Crippen LogP contribution in [-0.4, -0.2) is 16.9 Å². The zero-order chi connectivity index (χ0) is 22.2. The maximum atomic E-state index is 12.5. The first-order valence-corrected chi connectivity index (χ1v) is 10.6. The molecule has 0 spiro atoms. The van der Waals surface area contributed by atoms with E-state index < -0.39 is 5.91 Å². The van der Waals surface area contributed by atoms with Crippen LogP contribution in [0.15, 0.2) is 65.1 Å². The highest BCUT2D eigenvalue weighted by Crippen LogP contribution is 2.24. The predicted octanol–water partition coefficient (Wildman–Crippen LogP) is 5.86. The summed E-state index contributed by atoms with van der Waals surface area (Å²) in [7, 11) is 0. The van der Waals surface area contributed by atoms with Crippen LogP contribution in [0.1, 0.15) is 36.7 Å². The molecule has 3 aromatic rings. The molecule has 0 saturated heterocycles. The van der Waals surface area contributed by atoms with Gasteiger partial charge in [0.2, 0.25) is 5.91 Å². The van der Waals surface area contributed by atoms with Gasteiger partial charge in [-0.2, -0.15) is 0 Å². The molecule has 2 amide bonds. The van der Waals surface area contributed by atoms with Gasteiger partial charge in [0.1, 0.15) is 5.76 Å². The molecule has 1 aromatic heterocycles. The molecular weight excluding hydrogens is 434 g/mol. The number of carbonyl (C=O) groups is 2. The standard InChI is InChI=1S/C23H22ClN3O3S/c1-2-3-10-21(28)25-17-8-5-9-18(14-17)26-23(31)27-22(29)20-12-11-19(30-20)15-6-4-7-16(24)13-15/h4-9,11-14H,2-3,10H2,1H3,(H,25,28)(H2,26,27,29,31). The summed E-state index contributed by atoms with van der Waals surface area (Å²) in [5.74, 6) is 0.132. The van der Waals surface area contributed by atoms with Gasteiger partial charge in [0.05, 0.1) is 0 Å². The first-order valence-electron chi connectivity index (χ1n) is 9.82. The van der Waals surface area contributed by atoms with Gasteiger partial charge in [-0.1, -0.05) is 43.1 Å². The number of furan rings is 1. The molecule has 3 rings (SSSR count). The molecule has 0 saturated carbocycles. The van der Waals surface area contributed by atoms with Crippen molar-refractivity contribution in [3.8, 4) is 11.3 Å². The number of hydrogen-bond acceptors (Lipinski definition) is 4. The summed E-state index contributed by atoms with van der Waals surface area (Å²) in [5, 5.41) is 9.05. The molecule has 6 nitrogen and oxygen atoms in total. The molecule has 0 atom stereocenters. The Morgan fingerprint density at radius 1 is 1.00 bits per heavy atom. The number of halogens is 1. The third-order valence-electron chi connectivity index (χ3n) is 4.33. The second kappa shape index (κ2) is 10.7. The second-order valence-corrected chi connectivity index (χ2v) is 7.66. The number of amides is 2. The van der Waals surface area contributed by atoms with Crippen molar-refractivity contribution in [2.24, 2.45) is 0 Å². The van der Waals surface area contributed by atoms with E-state index in [2.05, 4.69) is 16.0 Å². The Morgan fingerprint density at radius 3 is 2.48 bits per heavy atom. The maximum absolute atomic E-state index is 12.5. The highest BCUT2D eigenvalue weighted by molar-refractivity contribution is 7.80. The topological polar surface area (TPSA) is 83.4 Å². The zero-order valence-electron chi connectivity index (χ0n) is 16.9. The van der Waals surface area contributed by atoms with Crippen LogP contribution in [0.3, 0.4) is 0 Å². The zero-order valence-corrected chi connectivity index (χ0v) is 18.5. The van der Waals surface area contributed by atoms with Crippen LogP contribution >= 0.6 is 23.8 Å². The molecule has 3 N–H and O–H groups in total. The van der Waals surface area contributed by atoms with Gasteiger partial charge in [-0.25, -0.2) is 0 Å². The number of thiocarbonyl (C=S) groups is 1. The number of carbonyl (C=O) groups excluding carboxylic acids is 2. The van der Waals surface area contributed by atoms with Crippen molar-refractivity contribution >= 4 is 52.1 Å². The third kappa shape index (κ3) is 6.67. The van der Waals surface area contributed by atoms with Crippen molar-refractivity contribution < 1.29 is 14.0 Å². The van der Waals surface area contributed by atoms with Crippen molar-refractivity contribution in [1.82, 2.24) is 5.32 Å². The fourth-order valence-corrected chi connectivity index (χ4v) is 3.22. The Kier molecular flexibility index (Phi) is 7.81. The van der Waals surface area contributed by atoms with Crippen LogP contribution in [-0.2, 0) is 4.79 Å². The second-order valence-electron chi connectivity index (χ2n) is 6.82. The van der Waals surface area contributed by atoms with Gasteiger partial charge in [-0.15, -0.1) is 0 Å². The van der Waals surface area contributed by atoms with E-state index in [-0.39, 0.29) is 16.8 Å². The molecule has 8 heteroatoms. The average molecular weight is 456 g/mol. The molecule has 0 unspecified atom stereocenters.